The van der Waals surface area contributed by atoms with Crippen LogP contribution in [0.3, 0.4) is 0 Å². The van der Waals surface area contributed by atoms with Crippen LogP contribution in [0, 0.1) is 0 Å². The molecule has 0 saturated heterocycles. The van der Waals surface area contributed by atoms with Gasteiger partial charge in [-0.2, -0.15) is 0 Å². The normalized spacial score (nSPS) is 11.4. The van der Waals surface area contributed by atoms with Gasteiger partial charge in [-0.25, -0.2) is 0 Å². The van der Waals surface area contributed by atoms with Gasteiger partial charge >= 0.3 is 0 Å². The van der Waals surface area contributed by atoms with Crippen LogP contribution in [-0.2, 0) is 7.05 Å². The van der Waals surface area contributed by atoms with Gasteiger partial charge in [-0.3, -0.25) is 0 Å². The lowest BCUT2D eigenvalue weighted by atomic mass is 10.2. The number of aryl methyl sites for hydroxylation is 1. The summed E-state index contributed by atoms with van der Waals surface area (Å²) in [5.41, 5.74) is 2.48. The van der Waals surface area contributed by atoms with Crippen molar-refractivity contribution in [1.82, 2.24) is 4.57 Å². The van der Waals surface area contributed by atoms with E-state index in [1.54, 1.807) is 0 Å². The molecule has 3 rings (SSSR count). The van der Waals surface area contributed by atoms with Gasteiger partial charge in [0, 0.05) is 26.8 Å². The first-order chi connectivity index (χ1) is 7.70. The number of rotatable bonds is 0. The number of para-hydroxylation sites is 2. The summed E-state index contributed by atoms with van der Waals surface area (Å²) in [6.45, 7) is 0. The Balaban J connectivity index is 2.70. The van der Waals surface area contributed by atoms with Gasteiger partial charge in [0.25, 0.3) is 0 Å². The summed E-state index contributed by atoms with van der Waals surface area (Å²) < 4.78 is 4.49. The predicted molar refractivity (Wildman–Crippen MR) is 75.8 cm³/mol. The zero-order chi connectivity index (χ0) is 11.3. The maximum absolute atomic E-state index is 3.61. The number of benzene rings is 2. The molecular formula is C13H9Br2N. The molecule has 3 heteroatoms. The summed E-state index contributed by atoms with van der Waals surface area (Å²) in [5, 5.41) is 2.57. The second kappa shape index (κ2) is 3.60. The van der Waals surface area contributed by atoms with E-state index in [-0.39, 0.29) is 0 Å². The molecule has 0 unspecified atom stereocenters. The Hall–Kier alpha value is -0.800. The van der Waals surface area contributed by atoms with Crippen LogP contribution in [0.25, 0.3) is 21.8 Å². The summed E-state index contributed by atoms with van der Waals surface area (Å²) >= 11 is 7.23. The van der Waals surface area contributed by atoms with Crippen molar-refractivity contribution in [2.24, 2.45) is 7.05 Å². The van der Waals surface area contributed by atoms with Crippen molar-refractivity contribution in [3.05, 3.63) is 45.3 Å². The maximum Gasteiger partial charge on any atom is 0.0633 e. The Kier molecular flexibility index (Phi) is 2.33. The molecule has 80 valence electrons. The molecule has 1 heterocycles. The summed E-state index contributed by atoms with van der Waals surface area (Å²) in [6, 6.07) is 12.6. The quantitative estimate of drug-likeness (QED) is 0.551. The van der Waals surface area contributed by atoms with Gasteiger partial charge < -0.3 is 4.57 Å². The molecule has 1 nitrogen and oxygen atoms in total. The van der Waals surface area contributed by atoms with E-state index in [2.05, 4.69) is 79.9 Å². The summed E-state index contributed by atoms with van der Waals surface area (Å²) in [6.07, 6.45) is 0. The van der Waals surface area contributed by atoms with E-state index in [9.17, 15) is 0 Å². The van der Waals surface area contributed by atoms with Crippen molar-refractivity contribution in [1.29, 1.82) is 0 Å². The number of aromatic nitrogens is 1. The highest BCUT2D eigenvalue weighted by Gasteiger charge is 2.11. The lowest BCUT2D eigenvalue weighted by Crippen LogP contribution is -1.87. The summed E-state index contributed by atoms with van der Waals surface area (Å²) in [4.78, 5) is 0. The SMILES string of the molecule is Cn1c2c(Br)cccc2c2cccc(Br)c21. The van der Waals surface area contributed by atoms with Crippen molar-refractivity contribution in [3.8, 4) is 0 Å². The van der Waals surface area contributed by atoms with Gasteiger partial charge in [0.05, 0.1) is 11.0 Å². The van der Waals surface area contributed by atoms with E-state index in [0.29, 0.717) is 0 Å². The van der Waals surface area contributed by atoms with Crippen molar-refractivity contribution < 1.29 is 0 Å². The highest BCUT2D eigenvalue weighted by molar-refractivity contribution is 9.11. The molecule has 1 aromatic heterocycles. The van der Waals surface area contributed by atoms with E-state index >= 15 is 0 Å². The van der Waals surface area contributed by atoms with Gasteiger partial charge in [-0.15, -0.1) is 0 Å². The van der Waals surface area contributed by atoms with Crippen molar-refractivity contribution in [2.45, 2.75) is 0 Å². The van der Waals surface area contributed by atoms with E-state index in [1.165, 1.54) is 21.8 Å². The monoisotopic (exact) mass is 337 g/mol. The fourth-order valence-corrected chi connectivity index (χ4v) is 3.52. The van der Waals surface area contributed by atoms with Crippen LogP contribution in [0.15, 0.2) is 45.3 Å². The van der Waals surface area contributed by atoms with Crippen LogP contribution in [-0.4, -0.2) is 4.57 Å². The van der Waals surface area contributed by atoms with Gasteiger partial charge in [-0.1, -0.05) is 24.3 Å². The third kappa shape index (κ3) is 1.28. The number of fused-ring (bicyclic) bond motifs is 3. The summed E-state index contributed by atoms with van der Waals surface area (Å²) in [5.74, 6) is 0. The maximum atomic E-state index is 3.61. The molecule has 0 spiro atoms. The number of halogens is 2. The minimum atomic E-state index is 1.13. The summed E-state index contributed by atoms with van der Waals surface area (Å²) in [7, 11) is 2.10. The van der Waals surface area contributed by atoms with Crippen LogP contribution in [0.2, 0.25) is 0 Å². The second-order valence-electron chi connectivity index (χ2n) is 3.83. The van der Waals surface area contributed by atoms with Crippen LogP contribution in [0.1, 0.15) is 0 Å². The highest BCUT2D eigenvalue weighted by atomic mass is 79.9. The average Bonchev–Trinajstić information content (AvgIpc) is 2.56. The molecule has 0 radical (unpaired) electrons. The zero-order valence-electron chi connectivity index (χ0n) is 8.67. The molecule has 2 aromatic carbocycles. The number of nitrogens with zero attached hydrogens (tertiary/aromatic N) is 1. The van der Waals surface area contributed by atoms with Crippen molar-refractivity contribution in [3.63, 3.8) is 0 Å². The first-order valence-electron chi connectivity index (χ1n) is 5.01. The first kappa shape index (κ1) is 10.4. The van der Waals surface area contributed by atoms with E-state index < -0.39 is 0 Å². The fraction of sp³-hybridized carbons (Fsp3) is 0.0769. The molecule has 0 aliphatic carbocycles. The molecule has 0 aliphatic rings. The molecule has 0 N–H and O–H groups in total. The van der Waals surface area contributed by atoms with Crippen molar-refractivity contribution >= 4 is 53.7 Å². The van der Waals surface area contributed by atoms with Gasteiger partial charge in [0.2, 0.25) is 0 Å². The molecule has 3 aromatic rings. The van der Waals surface area contributed by atoms with E-state index in [1.807, 2.05) is 0 Å². The Morgan fingerprint density at radius 3 is 1.69 bits per heavy atom. The molecule has 16 heavy (non-hydrogen) atoms. The largest absolute Gasteiger partial charge is 0.342 e. The topological polar surface area (TPSA) is 4.93 Å². The third-order valence-electron chi connectivity index (χ3n) is 2.93. The molecule has 0 bridgehead atoms. The third-order valence-corrected chi connectivity index (χ3v) is 4.21. The number of hydrogen-bond acceptors (Lipinski definition) is 0. The Morgan fingerprint density at radius 1 is 0.812 bits per heavy atom. The molecule has 0 amide bonds. The van der Waals surface area contributed by atoms with E-state index in [0.717, 1.165) is 8.95 Å². The van der Waals surface area contributed by atoms with Crippen LogP contribution in [0.4, 0.5) is 0 Å². The molecule has 0 fully saturated rings. The number of hydrogen-bond donors (Lipinski definition) is 0. The Bertz CT molecular complexity index is 639. The molecular weight excluding hydrogens is 330 g/mol. The van der Waals surface area contributed by atoms with E-state index in [4.69, 9.17) is 0 Å². The standard InChI is InChI=1S/C13H9Br2N/c1-16-12-8(4-2-6-10(12)14)9-5-3-7-11(15)13(9)16/h2-7H,1H3. The van der Waals surface area contributed by atoms with Crippen LogP contribution < -0.4 is 0 Å². The minimum absolute atomic E-state index is 1.13. The first-order valence-corrected chi connectivity index (χ1v) is 6.60. The fourth-order valence-electron chi connectivity index (χ4n) is 2.26. The lowest BCUT2D eigenvalue weighted by Gasteiger charge is -2.01. The zero-order valence-corrected chi connectivity index (χ0v) is 11.8. The highest BCUT2D eigenvalue weighted by Crippen LogP contribution is 2.35. The smallest absolute Gasteiger partial charge is 0.0633 e. The van der Waals surface area contributed by atoms with Crippen LogP contribution in [0.5, 0.6) is 0 Å². The minimum Gasteiger partial charge on any atom is -0.342 e. The molecule has 0 saturated carbocycles. The van der Waals surface area contributed by atoms with Gasteiger partial charge in [-0.05, 0) is 44.0 Å². The van der Waals surface area contributed by atoms with Crippen LogP contribution >= 0.6 is 31.9 Å². The molecule has 0 atom stereocenters. The second-order valence-corrected chi connectivity index (χ2v) is 5.54. The Labute approximate surface area is 110 Å². The average molecular weight is 339 g/mol. The lowest BCUT2D eigenvalue weighted by molar-refractivity contribution is 1.01. The van der Waals surface area contributed by atoms with Gasteiger partial charge in [0.1, 0.15) is 0 Å². The van der Waals surface area contributed by atoms with Crippen molar-refractivity contribution in [2.75, 3.05) is 0 Å². The predicted octanol–water partition coefficient (Wildman–Crippen LogP) is 4.86. The Morgan fingerprint density at radius 2 is 1.25 bits per heavy atom. The van der Waals surface area contributed by atoms with Gasteiger partial charge in [0.15, 0.2) is 0 Å². The molecule has 0 aliphatic heterocycles.